The van der Waals surface area contributed by atoms with Crippen molar-refractivity contribution in [2.45, 2.75) is 25.3 Å². The Morgan fingerprint density at radius 2 is 2.43 bits per heavy atom. The molecule has 0 saturated heterocycles. The average molecular weight is 212 g/mol. The van der Waals surface area contributed by atoms with E-state index in [4.69, 9.17) is 5.73 Å². The lowest BCUT2D eigenvalue weighted by Crippen LogP contribution is -2.09. The zero-order valence-electron chi connectivity index (χ0n) is 7.68. The van der Waals surface area contributed by atoms with Crippen molar-refractivity contribution in [1.82, 2.24) is 0 Å². The molecule has 0 aliphatic heterocycles. The molecule has 1 aliphatic rings. The monoisotopic (exact) mass is 212 g/mol. The van der Waals surface area contributed by atoms with E-state index in [0.29, 0.717) is 0 Å². The van der Waals surface area contributed by atoms with Gasteiger partial charge in [0.25, 0.3) is 0 Å². The molecule has 1 heterocycles. The van der Waals surface area contributed by atoms with E-state index >= 15 is 0 Å². The van der Waals surface area contributed by atoms with Gasteiger partial charge in [0.1, 0.15) is 0 Å². The second kappa shape index (κ2) is 3.67. The highest BCUT2D eigenvalue weighted by Crippen LogP contribution is 2.38. The molecule has 2 rings (SSSR count). The van der Waals surface area contributed by atoms with Gasteiger partial charge in [0, 0.05) is 17.5 Å². The number of thiophene rings is 1. The summed E-state index contributed by atoms with van der Waals surface area (Å²) in [4.78, 5) is 10.1. The molecule has 76 valence electrons. The molecule has 0 amide bonds. The van der Waals surface area contributed by atoms with Crippen molar-refractivity contribution in [3.05, 3.63) is 27.1 Å². The second-order valence-electron chi connectivity index (χ2n) is 3.76. The first-order valence-electron chi connectivity index (χ1n) is 4.65. The summed E-state index contributed by atoms with van der Waals surface area (Å²) in [5.74, 6) is 0.754. The summed E-state index contributed by atoms with van der Waals surface area (Å²) in [5.41, 5.74) is 6.84. The van der Waals surface area contributed by atoms with Crippen LogP contribution in [0.5, 0.6) is 0 Å². The van der Waals surface area contributed by atoms with Crippen molar-refractivity contribution in [1.29, 1.82) is 0 Å². The van der Waals surface area contributed by atoms with Crippen molar-refractivity contribution in [2.24, 2.45) is 11.7 Å². The number of hydrogen-bond acceptors (Lipinski definition) is 4. The summed E-state index contributed by atoms with van der Waals surface area (Å²) in [6.07, 6.45) is 3.49. The van der Waals surface area contributed by atoms with Crippen molar-refractivity contribution in [3.8, 4) is 0 Å². The van der Waals surface area contributed by atoms with E-state index in [1.54, 1.807) is 11.4 Å². The van der Waals surface area contributed by atoms with E-state index in [2.05, 4.69) is 0 Å². The smallest absolute Gasteiger partial charge is 0.324 e. The first-order valence-corrected chi connectivity index (χ1v) is 5.53. The normalized spacial score (nSPS) is 18.1. The van der Waals surface area contributed by atoms with Gasteiger partial charge in [-0.05, 0) is 17.9 Å². The first-order chi connectivity index (χ1) is 6.66. The fourth-order valence-corrected chi connectivity index (χ4v) is 2.27. The van der Waals surface area contributed by atoms with Crippen LogP contribution in [0.15, 0.2) is 11.4 Å². The third-order valence-electron chi connectivity index (χ3n) is 2.50. The Labute approximate surface area is 85.9 Å². The van der Waals surface area contributed by atoms with Crippen molar-refractivity contribution >= 4 is 16.3 Å². The largest absolute Gasteiger partial charge is 0.324 e. The van der Waals surface area contributed by atoms with Crippen LogP contribution in [0.1, 0.15) is 30.9 Å². The predicted octanol–water partition coefficient (Wildman–Crippen LogP) is 2.46. The standard InChI is InChI=1S/C9H12N2O2S/c10-8(3-6-1-2-6)7-4-9(11(12)13)14-5-7/h4-6,8H,1-3,10H2/t8-/m1/s1. The SMILES string of the molecule is N[C@H](CC1CC1)c1csc([N+](=O)[O-])c1. The number of nitrogens with two attached hydrogens (primary N) is 1. The Kier molecular flexibility index (Phi) is 2.52. The maximum atomic E-state index is 10.4. The molecule has 0 spiro atoms. The highest BCUT2D eigenvalue weighted by Gasteiger charge is 2.25. The summed E-state index contributed by atoms with van der Waals surface area (Å²) in [6.45, 7) is 0. The summed E-state index contributed by atoms with van der Waals surface area (Å²) in [6, 6.07) is 1.57. The topological polar surface area (TPSA) is 69.2 Å². The van der Waals surface area contributed by atoms with Crippen LogP contribution in [0.4, 0.5) is 5.00 Å². The van der Waals surface area contributed by atoms with E-state index in [1.807, 2.05) is 0 Å². The maximum Gasteiger partial charge on any atom is 0.324 e. The van der Waals surface area contributed by atoms with Gasteiger partial charge in [-0.25, -0.2) is 0 Å². The zero-order chi connectivity index (χ0) is 10.1. The fourth-order valence-electron chi connectivity index (χ4n) is 1.48. The van der Waals surface area contributed by atoms with Crippen LogP contribution in [-0.2, 0) is 0 Å². The van der Waals surface area contributed by atoms with E-state index < -0.39 is 0 Å². The van der Waals surface area contributed by atoms with Crippen molar-refractivity contribution in [3.63, 3.8) is 0 Å². The molecule has 1 fully saturated rings. The van der Waals surface area contributed by atoms with Crippen molar-refractivity contribution in [2.75, 3.05) is 0 Å². The summed E-state index contributed by atoms with van der Waals surface area (Å²) < 4.78 is 0. The Morgan fingerprint density at radius 3 is 2.93 bits per heavy atom. The number of nitro groups is 1. The van der Waals surface area contributed by atoms with Crippen LogP contribution in [-0.4, -0.2) is 4.92 Å². The Morgan fingerprint density at radius 1 is 1.71 bits per heavy atom. The van der Waals surface area contributed by atoms with Gasteiger partial charge >= 0.3 is 5.00 Å². The van der Waals surface area contributed by atoms with Gasteiger partial charge in [-0.15, -0.1) is 0 Å². The maximum absolute atomic E-state index is 10.4. The highest BCUT2D eigenvalue weighted by atomic mass is 32.1. The Bertz CT molecular complexity index is 346. The summed E-state index contributed by atoms with van der Waals surface area (Å²) >= 11 is 1.15. The molecule has 4 nitrogen and oxygen atoms in total. The molecule has 5 heteroatoms. The molecule has 1 aromatic rings. The third-order valence-corrected chi connectivity index (χ3v) is 3.40. The minimum Gasteiger partial charge on any atom is -0.324 e. The second-order valence-corrected chi connectivity index (χ2v) is 4.65. The van der Waals surface area contributed by atoms with Gasteiger partial charge in [-0.1, -0.05) is 24.2 Å². The number of rotatable bonds is 4. The molecule has 1 atom stereocenters. The minimum absolute atomic E-state index is 0.0209. The van der Waals surface area contributed by atoms with E-state index in [9.17, 15) is 10.1 Å². The van der Waals surface area contributed by atoms with Crippen molar-refractivity contribution < 1.29 is 4.92 Å². The molecule has 2 N–H and O–H groups in total. The lowest BCUT2D eigenvalue weighted by atomic mass is 10.1. The molecule has 0 unspecified atom stereocenters. The predicted molar refractivity (Wildman–Crippen MR) is 55.2 cm³/mol. The van der Waals surface area contributed by atoms with Gasteiger partial charge in [0.15, 0.2) is 0 Å². The molecule has 14 heavy (non-hydrogen) atoms. The molecule has 0 bridgehead atoms. The molecule has 1 saturated carbocycles. The molecule has 0 aromatic carbocycles. The molecular weight excluding hydrogens is 200 g/mol. The number of nitrogens with zero attached hydrogens (tertiary/aromatic N) is 1. The lowest BCUT2D eigenvalue weighted by Gasteiger charge is -2.07. The lowest BCUT2D eigenvalue weighted by molar-refractivity contribution is -0.380. The van der Waals surface area contributed by atoms with Gasteiger partial charge in [0.05, 0.1) is 4.92 Å². The van der Waals surface area contributed by atoms with Crippen LogP contribution in [0.2, 0.25) is 0 Å². The van der Waals surface area contributed by atoms with Gasteiger partial charge in [-0.3, -0.25) is 10.1 Å². The van der Waals surface area contributed by atoms with Crippen LogP contribution in [0.3, 0.4) is 0 Å². The van der Waals surface area contributed by atoms with E-state index in [1.165, 1.54) is 12.8 Å². The van der Waals surface area contributed by atoms with Crippen LogP contribution < -0.4 is 5.73 Å². The molecule has 1 aliphatic carbocycles. The molecular formula is C9H12N2O2S. The molecule has 1 aromatic heterocycles. The van der Waals surface area contributed by atoms with E-state index in [-0.39, 0.29) is 16.0 Å². The number of hydrogen-bond donors (Lipinski definition) is 1. The van der Waals surface area contributed by atoms with Crippen LogP contribution in [0.25, 0.3) is 0 Å². The first kappa shape index (κ1) is 9.61. The Hall–Kier alpha value is -0.940. The van der Waals surface area contributed by atoms with Gasteiger partial charge in [-0.2, -0.15) is 0 Å². The quantitative estimate of drug-likeness (QED) is 0.615. The molecule has 0 radical (unpaired) electrons. The van der Waals surface area contributed by atoms with Gasteiger partial charge < -0.3 is 5.73 Å². The highest BCUT2D eigenvalue weighted by molar-refractivity contribution is 7.13. The summed E-state index contributed by atoms with van der Waals surface area (Å²) in [5, 5.41) is 12.4. The van der Waals surface area contributed by atoms with Gasteiger partial charge in [0.2, 0.25) is 0 Å². The summed E-state index contributed by atoms with van der Waals surface area (Å²) in [7, 11) is 0. The Balaban J connectivity index is 2.03. The van der Waals surface area contributed by atoms with E-state index in [0.717, 1.165) is 29.2 Å². The zero-order valence-corrected chi connectivity index (χ0v) is 8.50. The minimum atomic E-state index is -0.363. The average Bonchev–Trinajstić information content (AvgIpc) is 2.81. The van der Waals surface area contributed by atoms with Crippen LogP contribution in [0, 0.1) is 16.0 Å². The fraction of sp³-hybridized carbons (Fsp3) is 0.556. The van der Waals surface area contributed by atoms with Crippen LogP contribution >= 0.6 is 11.3 Å². The third kappa shape index (κ3) is 2.10.